The topological polar surface area (TPSA) is 38.8 Å². The Morgan fingerprint density at radius 2 is 2.07 bits per heavy atom. The van der Waals surface area contributed by atoms with Gasteiger partial charge in [0, 0.05) is 12.1 Å². The van der Waals surface area contributed by atoms with Gasteiger partial charge >= 0.3 is 6.09 Å². The molecule has 0 aliphatic rings. The number of amides is 1. The van der Waals surface area contributed by atoms with Crippen LogP contribution < -0.4 is 9.64 Å². The molecule has 4 nitrogen and oxygen atoms in total. The van der Waals surface area contributed by atoms with E-state index < -0.39 is 6.09 Å². The van der Waals surface area contributed by atoms with Gasteiger partial charge in [0.1, 0.15) is 5.75 Å². The molecule has 1 aromatic rings. The molecule has 0 radical (unpaired) electrons. The van der Waals surface area contributed by atoms with E-state index in [4.69, 9.17) is 16.3 Å². The molecule has 0 saturated heterocycles. The second kappa shape index (κ2) is 4.89. The van der Waals surface area contributed by atoms with E-state index in [2.05, 4.69) is 4.74 Å². The van der Waals surface area contributed by atoms with Crippen molar-refractivity contribution in [3.63, 3.8) is 0 Å². The SMILES string of the molecule is COC(=O)N(C)c1cc(Cl)ccc1OC. The van der Waals surface area contributed by atoms with Crippen molar-refractivity contribution in [2.45, 2.75) is 0 Å². The van der Waals surface area contributed by atoms with Crippen molar-refractivity contribution in [3.05, 3.63) is 23.2 Å². The molecule has 0 saturated carbocycles. The Labute approximate surface area is 93.3 Å². The number of carbonyl (C=O) groups excluding carboxylic acids is 1. The van der Waals surface area contributed by atoms with Crippen LogP contribution >= 0.6 is 11.6 Å². The molecule has 15 heavy (non-hydrogen) atoms. The van der Waals surface area contributed by atoms with Crippen LogP contribution in [-0.4, -0.2) is 27.4 Å². The van der Waals surface area contributed by atoms with Crippen molar-refractivity contribution in [2.24, 2.45) is 0 Å². The van der Waals surface area contributed by atoms with E-state index in [1.165, 1.54) is 19.1 Å². The van der Waals surface area contributed by atoms with Crippen LogP contribution in [0.2, 0.25) is 5.02 Å². The molecule has 82 valence electrons. The van der Waals surface area contributed by atoms with Gasteiger partial charge in [0.05, 0.1) is 19.9 Å². The van der Waals surface area contributed by atoms with Crippen LogP contribution in [0.1, 0.15) is 0 Å². The van der Waals surface area contributed by atoms with E-state index in [1.807, 2.05) is 0 Å². The summed E-state index contributed by atoms with van der Waals surface area (Å²) in [6.45, 7) is 0. The maximum Gasteiger partial charge on any atom is 0.413 e. The zero-order valence-corrected chi connectivity index (χ0v) is 9.54. The van der Waals surface area contributed by atoms with Gasteiger partial charge in [-0.05, 0) is 18.2 Å². The number of rotatable bonds is 2. The van der Waals surface area contributed by atoms with E-state index in [-0.39, 0.29) is 0 Å². The van der Waals surface area contributed by atoms with E-state index in [1.54, 1.807) is 25.2 Å². The number of benzene rings is 1. The molecular formula is C10H12ClNO3. The minimum atomic E-state index is -0.476. The van der Waals surface area contributed by atoms with E-state index in [9.17, 15) is 4.79 Å². The third-order valence-electron chi connectivity index (χ3n) is 1.95. The minimum absolute atomic E-state index is 0.476. The first kappa shape index (κ1) is 11.7. The molecule has 0 aromatic heterocycles. The summed E-state index contributed by atoms with van der Waals surface area (Å²) in [5, 5.41) is 0.529. The average molecular weight is 230 g/mol. The first-order valence-corrected chi connectivity index (χ1v) is 4.63. The van der Waals surface area contributed by atoms with Gasteiger partial charge in [-0.15, -0.1) is 0 Å². The maximum atomic E-state index is 11.3. The molecule has 0 aliphatic heterocycles. The maximum absolute atomic E-state index is 11.3. The molecule has 5 heteroatoms. The second-order valence-electron chi connectivity index (χ2n) is 2.85. The molecule has 0 unspecified atom stereocenters. The highest BCUT2D eigenvalue weighted by Gasteiger charge is 2.15. The van der Waals surface area contributed by atoms with E-state index in [0.29, 0.717) is 16.5 Å². The Hall–Kier alpha value is -1.42. The van der Waals surface area contributed by atoms with Gasteiger partial charge in [-0.25, -0.2) is 4.79 Å². The lowest BCUT2D eigenvalue weighted by Crippen LogP contribution is -2.26. The Bertz CT molecular complexity index is 368. The molecule has 0 fully saturated rings. The van der Waals surface area contributed by atoms with Crippen molar-refractivity contribution < 1.29 is 14.3 Å². The number of carbonyl (C=O) groups is 1. The van der Waals surface area contributed by atoms with Crippen LogP contribution in [0.4, 0.5) is 10.5 Å². The van der Waals surface area contributed by atoms with Crippen molar-refractivity contribution in [1.82, 2.24) is 0 Å². The van der Waals surface area contributed by atoms with Gasteiger partial charge in [0.15, 0.2) is 0 Å². The zero-order chi connectivity index (χ0) is 11.4. The van der Waals surface area contributed by atoms with Crippen molar-refractivity contribution >= 4 is 23.4 Å². The molecule has 0 bridgehead atoms. The Morgan fingerprint density at radius 3 is 2.60 bits per heavy atom. The fourth-order valence-corrected chi connectivity index (χ4v) is 1.33. The van der Waals surface area contributed by atoms with Crippen molar-refractivity contribution in [3.8, 4) is 5.75 Å². The molecule has 0 N–H and O–H groups in total. The summed E-state index contributed by atoms with van der Waals surface area (Å²) in [4.78, 5) is 12.6. The van der Waals surface area contributed by atoms with Crippen molar-refractivity contribution in [2.75, 3.05) is 26.2 Å². The third kappa shape index (κ3) is 2.53. The lowest BCUT2D eigenvalue weighted by Gasteiger charge is -2.18. The fourth-order valence-electron chi connectivity index (χ4n) is 1.16. The molecule has 0 aliphatic carbocycles. The Morgan fingerprint density at radius 1 is 1.40 bits per heavy atom. The van der Waals surface area contributed by atoms with Crippen LogP contribution in [-0.2, 0) is 4.74 Å². The highest BCUT2D eigenvalue weighted by molar-refractivity contribution is 6.31. The summed E-state index contributed by atoms with van der Waals surface area (Å²) < 4.78 is 9.70. The van der Waals surface area contributed by atoms with Gasteiger partial charge in [-0.1, -0.05) is 11.6 Å². The lowest BCUT2D eigenvalue weighted by molar-refractivity contribution is 0.180. The first-order chi connectivity index (χ1) is 7.10. The quantitative estimate of drug-likeness (QED) is 0.782. The average Bonchev–Trinajstić information content (AvgIpc) is 2.27. The zero-order valence-electron chi connectivity index (χ0n) is 8.78. The molecule has 0 heterocycles. The number of ether oxygens (including phenoxy) is 2. The second-order valence-corrected chi connectivity index (χ2v) is 3.28. The Balaban J connectivity index is 3.10. The van der Waals surface area contributed by atoms with Crippen LogP contribution in [0.3, 0.4) is 0 Å². The number of nitrogens with zero attached hydrogens (tertiary/aromatic N) is 1. The summed E-state index contributed by atoms with van der Waals surface area (Å²) >= 11 is 5.83. The standard InChI is InChI=1S/C10H12ClNO3/c1-12(10(13)15-3)8-6-7(11)4-5-9(8)14-2/h4-6H,1-3H3. The van der Waals surface area contributed by atoms with Gasteiger partial charge in [-0.2, -0.15) is 0 Å². The predicted octanol–water partition coefficient (Wildman–Crippen LogP) is 2.55. The van der Waals surface area contributed by atoms with E-state index >= 15 is 0 Å². The largest absolute Gasteiger partial charge is 0.495 e. The summed E-state index contributed by atoms with van der Waals surface area (Å²) in [6.07, 6.45) is -0.476. The summed E-state index contributed by atoms with van der Waals surface area (Å²) in [6, 6.07) is 5.02. The Kier molecular flexibility index (Phi) is 3.80. The number of hydrogen-bond donors (Lipinski definition) is 0. The van der Waals surface area contributed by atoms with Gasteiger partial charge in [-0.3, -0.25) is 4.90 Å². The van der Waals surface area contributed by atoms with Crippen LogP contribution in [0.5, 0.6) is 5.75 Å². The van der Waals surface area contributed by atoms with Gasteiger partial charge in [0.2, 0.25) is 0 Å². The smallest absolute Gasteiger partial charge is 0.413 e. The number of halogens is 1. The first-order valence-electron chi connectivity index (χ1n) is 4.25. The predicted molar refractivity (Wildman–Crippen MR) is 58.8 cm³/mol. The molecule has 1 rings (SSSR count). The highest BCUT2D eigenvalue weighted by Crippen LogP contribution is 2.30. The molecule has 1 amide bonds. The normalized spacial score (nSPS) is 9.60. The highest BCUT2D eigenvalue weighted by atomic mass is 35.5. The summed E-state index contributed by atoms with van der Waals surface area (Å²) in [5.74, 6) is 0.562. The van der Waals surface area contributed by atoms with Crippen LogP contribution in [0.25, 0.3) is 0 Å². The molecule has 0 atom stereocenters. The molecular weight excluding hydrogens is 218 g/mol. The number of hydrogen-bond acceptors (Lipinski definition) is 3. The minimum Gasteiger partial charge on any atom is -0.495 e. The molecule has 1 aromatic carbocycles. The van der Waals surface area contributed by atoms with Crippen LogP contribution in [0.15, 0.2) is 18.2 Å². The summed E-state index contributed by atoms with van der Waals surface area (Å²) in [7, 11) is 4.42. The number of anilines is 1. The van der Waals surface area contributed by atoms with Crippen molar-refractivity contribution in [1.29, 1.82) is 0 Å². The third-order valence-corrected chi connectivity index (χ3v) is 2.19. The molecule has 0 spiro atoms. The lowest BCUT2D eigenvalue weighted by atomic mass is 10.3. The fraction of sp³-hybridized carbons (Fsp3) is 0.300. The van der Waals surface area contributed by atoms with Gasteiger partial charge in [0.25, 0.3) is 0 Å². The van der Waals surface area contributed by atoms with Crippen LogP contribution in [0, 0.1) is 0 Å². The summed E-state index contributed by atoms with van der Waals surface area (Å²) in [5.41, 5.74) is 0.567. The van der Waals surface area contributed by atoms with E-state index in [0.717, 1.165) is 0 Å². The monoisotopic (exact) mass is 229 g/mol. The number of methoxy groups -OCH3 is 2. The van der Waals surface area contributed by atoms with Gasteiger partial charge < -0.3 is 9.47 Å².